The van der Waals surface area contributed by atoms with Gasteiger partial charge in [-0.2, -0.15) is 0 Å². The van der Waals surface area contributed by atoms with Gasteiger partial charge in [-0.1, -0.05) is 42.5 Å². The van der Waals surface area contributed by atoms with E-state index in [-0.39, 0.29) is 48.9 Å². The summed E-state index contributed by atoms with van der Waals surface area (Å²) in [6, 6.07) is 15.3. The van der Waals surface area contributed by atoms with Crippen LogP contribution in [0.3, 0.4) is 0 Å². The lowest BCUT2D eigenvalue weighted by molar-refractivity contribution is -0.140. The van der Waals surface area contributed by atoms with Crippen molar-refractivity contribution >= 4 is 21.8 Å². The highest BCUT2D eigenvalue weighted by molar-refractivity contribution is 7.89. The fourth-order valence-electron chi connectivity index (χ4n) is 3.41. The van der Waals surface area contributed by atoms with Crippen LogP contribution in [0.2, 0.25) is 0 Å². The molecule has 2 amide bonds. The Bertz CT molecular complexity index is 1040. The van der Waals surface area contributed by atoms with Crippen LogP contribution in [0, 0.1) is 0 Å². The van der Waals surface area contributed by atoms with Gasteiger partial charge in [-0.15, -0.1) is 0 Å². The zero-order chi connectivity index (χ0) is 23.8. The number of carbonyl (C=O) groups excluding carboxylic acids is 2. The Hall–Kier alpha value is -2.75. The van der Waals surface area contributed by atoms with Gasteiger partial charge in [0.25, 0.3) is 0 Å². The zero-order valence-electron chi connectivity index (χ0n) is 18.7. The van der Waals surface area contributed by atoms with Gasteiger partial charge in [-0.3, -0.25) is 9.59 Å². The lowest BCUT2D eigenvalue weighted by Crippen LogP contribution is -2.48. The van der Waals surface area contributed by atoms with Gasteiger partial charge in [0, 0.05) is 25.6 Å². The van der Waals surface area contributed by atoms with Crippen LogP contribution >= 0.6 is 0 Å². The largest absolute Gasteiger partial charge is 0.395 e. The highest BCUT2D eigenvalue weighted by Gasteiger charge is 2.28. The number of carbonyl (C=O) groups is 2. The molecule has 3 N–H and O–H groups in total. The summed E-state index contributed by atoms with van der Waals surface area (Å²) in [7, 11) is -3.51. The van der Waals surface area contributed by atoms with Crippen LogP contribution in [0.5, 0.6) is 0 Å². The van der Waals surface area contributed by atoms with Crippen LogP contribution < -0.4 is 10.0 Å². The van der Waals surface area contributed by atoms with Crippen LogP contribution in [-0.2, 0) is 32.6 Å². The average molecular weight is 474 g/mol. The number of amides is 2. The summed E-state index contributed by atoms with van der Waals surface area (Å²) < 4.78 is 27.3. The van der Waals surface area contributed by atoms with E-state index in [0.717, 1.165) is 24.0 Å². The molecule has 0 spiro atoms. The Morgan fingerprint density at radius 2 is 1.73 bits per heavy atom. The Kier molecular flexibility index (Phi) is 8.60. The van der Waals surface area contributed by atoms with Crippen molar-refractivity contribution in [1.29, 1.82) is 0 Å². The highest BCUT2D eigenvalue weighted by Crippen LogP contribution is 2.22. The quantitative estimate of drug-likeness (QED) is 0.433. The third-order valence-corrected chi connectivity index (χ3v) is 7.07. The van der Waals surface area contributed by atoms with Crippen molar-refractivity contribution in [3.8, 4) is 0 Å². The third kappa shape index (κ3) is 7.38. The van der Waals surface area contributed by atoms with Crippen LogP contribution in [-0.4, -0.2) is 55.5 Å². The van der Waals surface area contributed by atoms with Gasteiger partial charge >= 0.3 is 0 Å². The van der Waals surface area contributed by atoms with Crippen molar-refractivity contribution in [3.05, 3.63) is 65.7 Å². The average Bonchev–Trinajstić information content (AvgIpc) is 3.63. The maximum Gasteiger partial charge on any atom is 0.242 e. The first-order valence-corrected chi connectivity index (χ1v) is 12.6. The minimum atomic E-state index is -3.51. The fourth-order valence-corrected chi connectivity index (χ4v) is 4.71. The molecule has 1 atom stereocenters. The van der Waals surface area contributed by atoms with E-state index in [0.29, 0.717) is 6.42 Å². The van der Waals surface area contributed by atoms with Crippen molar-refractivity contribution in [2.75, 3.05) is 13.2 Å². The summed E-state index contributed by atoms with van der Waals surface area (Å²) >= 11 is 0. The second-order valence-electron chi connectivity index (χ2n) is 8.24. The number of hydrogen-bond donors (Lipinski definition) is 3. The molecular weight excluding hydrogens is 442 g/mol. The predicted molar refractivity (Wildman–Crippen MR) is 125 cm³/mol. The third-order valence-electron chi connectivity index (χ3n) is 5.53. The smallest absolute Gasteiger partial charge is 0.242 e. The van der Waals surface area contributed by atoms with Crippen molar-refractivity contribution in [2.24, 2.45) is 0 Å². The van der Waals surface area contributed by atoms with Gasteiger partial charge in [0.1, 0.15) is 6.04 Å². The molecule has 0 heterocycles. The maximum absolute atomic E-state index is 13.1. The van der Waals surface area contributed by atoms with Crippen LogP contribution in [0.25, 0.3) is 0 Å². The first-order valence-electron chi connectivity index (χ1n) is 11.1. The Labute approximate surface area is 195 Å². The lowest BCUT2D eigenvalue weighted by Gasteiger charge is -2.29. The number of aliphatic hydroxyl groups excluding tert-OH is 1. The molecule has 0 radical (unpaired) electrons. The van der Waals surface area contributed by atoms with E-state index in [1.807, 2.05) is 30.3 Å². The van der Waals surface area contributed by atoms with Crippen molar-refractivity contribution in [1.82, 2.24) is 14.9 Å². The van der Waals surface area contributed by atoms with Gasteiger partial charge in [0.2, 0.25) is 21.8 Å². The molecule has 8 nitrogen and oxygen atoms in total. The second kappa shape index (κ2) is 11.4. The summed E-state index contributed by atoms with van der Waals surface area (Å²) in [5.74, 6) is -0.511. The summed E-state index contributed by atoms with van der Waals surface area (Å²) in [6.45, 7) is 1.91. The van der Waals surface area contributed by atoms with E-state index >= 15 is 0 Å². The molecule has 0 saturated heterocycles. The topological polar surface area (TPSA) is 116 Å². The molecule has 33 heavy (non-hydrogen) atoms. The molecule has 3 rings (SSSR count). The van der Waals surface area contributed by atoms with Crippen molar-refractivity contribution in [2.45, 2.75) is 56.1 Å². The first-order chi connectivity index (χ1) is 15.8. The van der Waals surface area contributed by atoms with E-state index in [2.05, 4.69) is 10.0 Å². The standard InChI is InChI=1S/C24H31N3O5S/c1-18(24(30)25-15-16-28)27(17-20-5-3-2-4-6-20)23(29)14-9-19-7-12-22(13-8-19)33(31,32)26-21-10-11-21/h2-8,12-13,18,21,26,28H,9-11,14-17H2,1H3,(H,25,30)/t18-/m0/s1. The van der Waals surface area contributed by atoms with Crippen molar-refractivity contribution < 1.29 is 23.1 Å². The monoisotopic (exact) mass is 473 g/mol. The number of aliphatic hydroxyl groups is 1. The fraction of sp³-hybridized carbons (Fsp3) is 0.417. The Morgan fingerprint density at radius 1 is 1.06 bits per heavy atom. The number of rotatable bonds is 12. The Balaban J connectivity index is 1.64. The van der Waals surface area contributed by atoms with Crippen molar-refractivity contribution in [3.63, 3.8) is 0 Å². The van der Waals surface area contributed by atoms with Gasteiger partial charge in [0.05, 0.1) is 11.5 Å². The van der Waals surface area contributed by atoms with Gasteiger partial charge < -0.3 is 15.3 Å². The number of nitrogens with zero attached hydrogens (tertiary/aromatic N) is 1. The number of aryl methyl sites for hydroxylation is 1. The summed E-state index contributed by atoms with van der Waals surface area (Å²) in [5, 5.41) is 11.6. The minimum absolute atomic E-state index is 0.0412. The summed E-state index contributed by atoms with van der Waals surface area (Å²) in [4.78, 5) is 27.3. The lowest BCUT2D eigenvalue weighted by atomic mass is 10.1. The molecule has 9 heteroatoms. The number of sulfonamides is 1. The maximum atomic E-state index is 13.1. The normalized spacial score (nSPS) is 14.5. The van der Waals surface area contributed by atoms with Crippen LogP contribution in [0.1, 0.15) is 37.3 Å². The molecule has 178 valence electrons. The second-order valence-corrected chi connectivity index (χ2v) is 9.95. The number of hydrogen-bond acceptors (Lipinski definition) is 5. The number of nitrogens with one attached hydrogen (secondary N) is 2. The molecule has 0 unspecified atom stereocenters. The molecule has 2 aromatic rings. The zero-order valence-corrected chi connectivity index (χ0v) is 19.6. The predicted octanol–water partition coefficient (Wildman–Crippen LogP) is 1.59. The van der Waals surface area contributed by atoms with Crippen LogP contribution in [0.15, 0.2) is 59.5 Å². The molecule has 2 aromatic carbocycles. The van der Waals surface area contributed by atoms with Crippen LogP contribution in [0.4, 0.5) is 0 Å². The molecule has 1 aliphatic rings. The Morgan fingerprint density at radius 3 is 2.33 bits per heavy atom. The molecule has 1 aliphatic carbocycles. The van der Waals surface area contributed by atoms with E-state index in [4.69, 9.17) is 5.11 Å². The van der Waals surface area contributed by atoms with E-state index < -0.39 is 16.1 Å². The molecule has 0 bridgehead atoms. The van der Waals surface area contributed by atoms with E-state index in [1.54, 1.807) is 31.2 Å². The van der Waals surface area contributed by atoms with E-state index in [9.17, 15) is 18.0 Å². The molecule has 0 aromatic heterocycles. The number of benzene rings is 2. The van der Waals surface area contributed by atoms with Gasteiger partial charge in [-0.05, 0) is 49.4 Å². The summed E-state index contributed by atoms with van der Waals surface area (Å²) in [5.41, 5.74) is 1.75. The van der Waals surface area contributed by atoms with E-state index in [1.165, 1.54) is 4.90 Å². The summed E-state index contributed by atoms with van der Waals surface area (Å²) in [6.07, 6.45) is 2.34. The SMILES string of the molecule is C[C@@H](C(=O)NCCO)N(Cc1ccccc1)C(=O)CCc1ccc(S(=O)(=O)NC2CC2)cc1. The van der Waals surface area contributed by atoms with Gasteiger partial charge in [-0.25, -0.2) is 13.1 Å². The molecular formula is C24H31N3O5S. The molecule has 1 saturated carbocycles. The minimum Gasteiger partial charge on any atom is -0.395 e. The highest BCUT2D eigenvalue weighted by atomic mass is 32.2. The first kappa shape index (κ1) is 24.9. The molecule has 0 aliphatic heterocycles. The van der Waals surface area contributed by atoms with Gasteiger partial charge in [0.15, 0.2) is 0 Å². The molecule has 1 fully saturated rings.